The minimum absolute atomic E-state index is 0.158. The molecule has 0 aromatic carbocycles. The second kappa shape index (κ2) is 9.43. The summed E-state index contributed by atoms with van der Waals surface area (Å²) >= 11 is 0. The Morgan fingerprint density at radius 1 is 1.28 bits per heavy atom. The van der Waals surface area contributed by atoms with Crippen molar-refractivity contribution in [3.63, 3.8) is 0 Å². The molecule has 0 aliphatic heterocycles. The first-order valence-corrected chi connectivity index (χ1v) is 5.48. The summed E-state index contributed by atoms with van der Waals surface area (Å²) in [7, 11) is 0. The molecule has 0 heterocycles. The first-order valence-electron chi connectivity index (χ1n) is 5.48. The van der Waals surface area contributed by atoms with Crippen molar-refractivity contribution in [1.29, 1.82) is 0 Å². The summed E-state index contributed by atoms with van der Waals surface area (Å²) in [6, 6.07) is 0. The Morgan fingerprint density at radius 3 is 2.44 bits per heavy atom. The van der Waals surface area contributed by atoms with Crippen LogP contribution >= 0.6 is 0 Å². The smallest absolute Gasteiger partial charge is 0.373 e. The number of hydrogen-bond donors (Lipinski definition) is 2. The maximum Gasteiger partial charge on any atom is 0.373 e. The van der Waals surface area contributed by atoms with Gasteiger partial charge in [0.25, 0.3) is 0 Å². The van der Waals surface area contributed by atoms with Crippen LogP contribution < -0.4 is 0 Å². The maximum atomic E-state index is 11.5. The van der Waals surface area contributed by atoms with E-state index in [1.54, 1.807) is 6.92 Å². The van der Waals surface area contributed by atoms with Gasteiger partial charge in [-0.25, -0.2) is 9.59 Å². The van der Waals surface area contributed by atoms with E-state index in [1.165, 1.54) is 6.92 Å². The summed E-state index contributed by atoms with van der Waals surface area (Å²) < 4.78 is 14.1. The lowest BCUT2D eigenvalue weighted by atomic mass is 10.4. The van der Waals surface area contributed by atoms with E-state index in [0.717, 1.165) is 6.08 Å². The third-order valence-electron chi connectivity index (χ3n) is 1.54. The predicted octanol–water partition coefficient (Wildman–Crippen LogP) is -0.634. The van der Waals surface area contributed by atoms with E-state index in [-0.39, 0.29) is 32.2 Å². The molecule has 7 heteroatoms. The van der Waals surface area contributed by atoms with Crippen molar-refractivity contribution in [1.82, 2.24) is 0 Å². The fraction of sp³-hybridized carbons (Fsp3) is 0.636. The van der Waals surface area contributed by atoms with Crippen LogP contribution in [0.2, 0.25) is 0 Å². The fourth-order valence-electron chi connectivity index (χ4n) is 0.873. The molecular weight excluding hydrogens is 244 g/mol. The zero-order chi connectivity index (χ0) is 14.0. The van der Waals surface area contributed by atoms with E-state index >= 15 is 0 Å². The van der Waals surface area contributed by atoms with E-state index in [4.69, 9.17) is 14.9 Å². The Labute approximate surface area is 105 Å². The largest absolute Gasteiger partial charge is 0.484 e. The molecule has 0 amide bonds. The highest BCUT2D eigenvalue weighted by molar-refractivity contribution is 5.94. The van der Waals surface area contributed by atoms with Crippen molar-refractivity contribution in [2.24, 2.45) is 0 Å². The zero-order valence-electron chi connectivity index (χ0n) is 10.4. The van der Waals surface area contributed by atoms with Crippen LogP contribution in [-0.2, 0) is 23.8 Å². The molecule has 1 atom stereocenters. The highest BCUT2D eigenvalue weighted by Crippen LogP contribution is 2.02. The number of aliphatic hydroxyl groups is 2. The predicted molar refractivity (Wildman–Crippen MR) is 60.4 cm³/mol. The standard InChI is InChI=1S/C11H18O7/c1-3-16-10(14)6-9(17-5-4-12)11(15)18-7-8(2)13/h6,8,12-13H,3-5,7H2,1-2H3/b9-6+. The Hall–Kier alpha value is -1.60. The average Bonchev–Trinajstić information content (AvgIpc) is 2.31. The lowest BCUT2D eigenvalue weighted by molar-refractivity contribution is -0.147. The van der Waals surface area contributed by atoms with Crippen LogP contribution in [0.25, 0.3) is 0 Å². The van der Waals surface area contributed by atoms with E-state index < -0.39 is 18.0 Å². The van der Waals surface area contributed by atoms with E-state index in [2.05, 4.69) is 9.47 Å². The van der Waals surface area contributed by atoms with Crippen LogP contribution in [0, 0.1) is 0 Å². The molecule has 104 valence electrons. The number of hydrogen-bond acceptors (Lipinski definition) is 7. The summed E-state index contributed by atoms with van der Waals surface area (Å²) in [4.78, 5) is 22.6. The van der Waals surface area contributed by atoms with Gasteiger partial charge in [0.05, 0.1) is 25.4 Å². The van der Waals surface area contributed by atoms with Gasteiger partial charge in [-0.1, -0.05) is 0 Å². The minimum Gasteiger partial charge on any atom is -0.484 e. The highest BCUT2D eigenvalue weighted by atomic mass is 16.6. The molecule has 0 radical (unpaired) electrons. The van der Waals surface area contributed by atoms with Gasteiger partial charge < -0.3 is 24.4 Å². The maximum absolute atomic E-state index is 11.5. The number of rotatable bonds is 8. The molecule has 0 rings (SSSR count). The minimum atomic E-state index is -0.905. The lowest BCUT2D eigenvalue weighted by Crippen LogP contribution is -2.19. The number of ether oxygens (including phenoxy) is 3. The third kappa shape index (κ3) is 7.64. The van der Waals surface area contributed by atoms with Crippen LogP contribution in [0.4, 0.5) is 0 Å². The Balaban J connectivity index is 4.55. The normalized spacial score (nSPS) is 12.8. The van der Waals surface area contributed by atoms with Crippen LogP contribution in [0.5, 0.6) is 0 Å². The van der Waals surface area contributed by atoms with Crippen molar-refractivity contribution in [3.8, 4) is 0 Å². The van der Waals surface area contributed by atoms with Crippen molar-refractivity contribution in [2.45, 2.75) is 20.0 Å². The molecule has 1 unspecified atom stereocenters. The lowest BCUT2D eigenvalue weighted by Gasteiger charge is -2.10. The molecule has 0 spiro atoms. The quantitative estimate of drug-likeness (QED) is 0.341. The topological polar surface area (TPSA) is 102 Å². The summed E-state index contributed by atoms with van der Waals surface area (Å²) in [6.45, 7) is 2.52. The molecule has 0 aromatic rings. The Kier molecular flexibility index (Phi) is 8.59. The van der Waals surface area contributed by atoms with E-state index in [0.29, 0.717) is 0 Å². The first-order chi connectivity index (χ1) is 8.51. The summed E-state index contributed by atoms with van der Waals surface area (Å²) in [5.41, 5.74) is 0. The van der Waals surface area contributed by atoms with Crippen LogP contribution in [-0.4, -0.2) is 54.7 Å². The van der Waals surface area contributed by atoms with Crippen molar-refractivity contribution in [3.05, 3.63) is 11.8 Å². The van der Waals surface area contributed by atoms with Gasteiger partial charge >= 0.3 is 11.9 Å². The number of aliphatic hydroxyl groups excluding tert-OH is 2. The summed E-state index contributed by atoms with van der Waals surface area (Å²) in [6.07, 6.45) is 0.0134. The van der Waals surface area contributed by atoms with Gasteiger partial charge in [0.1, 0.15) is 13.2 Å². The second-order valence-electron chi connectivity index (χ2n) is 3.28. The second-order valence-corrected chi connectivity index (χ2v) is 3.28. The molecule has 7 nitrogen and oxygen atoms in total. The average molecular weight is 262 g/mol. The van der Waals surface area contributed by atoms with Crippen molar-refractivity contribution < 1.29 is 34.0 Å². The fourth-order valence-corrected chi connectivity index (χ4v) is 0.873. The third-order valence-corrected chi connectivity index (χ3v) is 1.54. The van der Waals surface area contributed by atoms with E-state index in [9.17, 15) is 9.59 Å². The molecule has 0 fully saturated rings. The van der Waals surface area contributed by atoms with E-state index in [1.807, 2.05) is 0 Å². The summed E-state index contributed by atoms with van der Waals surface area (Å²) in [5, 5.41) is 17.5. The Morgan fingerprint density at radius 2 is 1.94 bits per heavy atom. The van der Waals surface area contributed by atoms with Gasteiger partial charge in [-0.3, -0.25) is 0 Å². The first kappa shape index (κ1) is 16.4. The van der Waals surface area contributed by atoms with Crippen LogP contribution in [0.3, 0.4) is 0 Å². The monoisotopic (exact) mass is 262 g/mol. The molecular formula is C11H18O7. The van der Waals surface area contributed by atoms with Crippen LogP contribution in [0.15, 0.2) is 11.8 Å². The van der Waals surface area contributed by atoms with Crippen LogP contribution in [0.1, 0.15) is 13.8 Å². The molecule has 2 N–H and O–H groups in total. The number of carbonyl (C=O) groups excluding carboxylic acids is 2. The van der Waals surface area contributed by atoms with Gasteiger partial charge in [0, 0.05) is 0 Å². The molecule has 0 aliphatic rings. The molecule has 0 saturated heterocycles. The number of carbonyl (C=O) groups is 2. The SMILES string of the molecule is CCOC(=O)/C=C(/OCCO)C(=O)OCC(C)O. The van der Waals surface area contributed by atoms with Gasteiger partial charge in [-0.15, -0.1) is 0 Å². The number of esters is 2. The molecule has 0 aromatic heterocycles. The van der Waals surface area contributed by atoms with Gasteiger partial charge in [-0.2, -0.15) is 0 Å². The summed E-state index contributed by atoms with van der Waals surface area (Å²) in [5.74, 6) is -2.03. The van der Waals surface area contributed by atoms with Gasteiger partial charge in [0.15, 0.2) is 0 Å². The Bertz CT molecular complexity index is 296. The van der Waals surface area contributed by atoms with Gasteiger partial charge in [-0.05, 0) is 13.8 Å². The molecule has 0 bridgehead atoms. The molecule has 0 saturated carbocycles. The van der Waals surface area contributed by atoms with Crippen molar-refractivity contribution >= 4 is 11.9 Å². The van der Waals surface area contributed by atoms with Gasteiger partial charge in [0.2, 0.25) is 5.76 Å². The van der Waals surface area contributed by atoms with Crippen molar-refractivity contribution in [2.75, 3.05) is 26.4 Å². The molecule has 18 heavy (non-hydrogen) atoms. The molecule has 0 aliphatic carbocycles. The zero-order valence-corrected chi connectivity index (χ0v) is 10.4. The highest BCUT2D eigenvalue weighted by Gasteiger charge is 2.16.